The summed E-state index contributed by atoms with van der Waals surface area (Å²) >= 11 is 0. The van der Waals surface area contributed by atoms with E-state index in [1.807, 2.05) is 23.4 Å². The lowest BCUT2D eigenvalue weighted by molar-refractivity contribution is 0.362. The Labute approximate surface area is 88.7 Å². The lowest BCUT2D eigenvalue weighted by atomic mass is 10.0. The van der Waals surface area contributed by atoms with Crippen LogP contribution in [-0.4, -0.2) is 9.79 Å². The van der Waals surface area contributed by atoms with Gasteiger partial charge in [0.1, 0.15) is 0 Å². The van der Waals surface area contributed by atoms with E-state index in [-0.39, 0.29) is 0 Å². The number of nitrogens with one attached hydrogen (secondary N) is 2. The maximum absolute atomic E-state index is 10.5. The smallest absolute Gasteiger partial charge is 0.312 e. The van der Waals surface area contributed by atoms with Crippen molar-refractivity contribution in [2.24, 2.45) is 0 Å². The van der Waals surface area contributed by atoms with Gasteiger partial charge in [-0.3, -0.25) is 0 Å². The van der Waals surface area contributed by atoms with Crippen LogP contribution < -0.4 is 10.6 Å². The van der Waals surface area contributed by atoms with E-state index in [0.717, 1.165) is 5.56 Å². The van der Waals surface area contributed by atoms with E-state index >= 15 is 0 Å². The summed E-state index contributed by atoms with van der Waals surface area (Å²) in [6, 6.07) is 7.37. The average molecular weight is 230 g/mol. The van der Waals surface area contributed by atoms with Gasteiger partial charge in [0.15, 0.2) is 0 Å². The summed E-state index contributed by atoms with van der Waals surface area (Å²) in [4.78, 5) is 17.2. The fraction of sp³-hybridized carbons (Fsp3) is 0.333. The molecule has 0 aliphatic heterocycles. The molecule has 0 aromatic heterocycles. The second-order valence-corrected chi connectivity index (χ2v) is 4.87. The second-order valence-electron chi connectivity index (χ2n) is 3.56. The zero-order chi connectivity index (χ0) is 11.5. The molecule has 0 saturated heterocycles. The molecule has 0 radical (unpaired) electrons. The van der Waals surface area contributed by atoms with Gasteiger partial charge < -0.3 is 15.2 Å². The van der Waals surface area contributed by atoms with Gasteiger partial charge in [-0.2, -0.15) is 0 Å². The summed E-state index contributed by atoms with van der Waals surface area (Å²) in [5.41, 5.74) is 4.20. The van der Waals surface area contributed by atoms with Gasteiger partial charge in [-0.15, -0.1) is 5.20 Å². The van der Waals surface area contributed by atoms with Gasteiger partial charge in [0.2, 0.25) is 0 Å². The third-order valence-corrected chi connectivity index (χ3v) is 2.30. The third kappa shape index (κ3) is 4.44. The zero-order valence-electron chi connectivity index (χ0n) is 8.64. The Morgan fingerprint density at radius 1 is 1.33 bits per heavy atom. The number of rotatable bonds is 4. The molecule has 0 heterocycles. The van der Waals surface area contributed by atoms with E-state index in [2.05, 4.69) is 19.3 Å². The van der Waals surface area contributed by atoms with Crippen LogP contribution in [0.1, 0.15) is 25.3 Å². The maximum Gasteiger partial charge on any atom is 0.417 e. The Kier molecular flexibility index (Phi) is 3.88. The highest BCUT2D eigenvalue weighted by molar-refractivity contribution is 7.49. The molecule has 0 unspecified atom stereocenters. The van der Waals surface area contributed by atoms with Crippen LogP contribution in [0.15, 0.2) is 24.3 Å². The minimum Gasteiger partial charge on any atom is -0.312 e. The Morgan fingerprint density at radius 3 is 2.53 bits per heavy atom. The molecule has 1 rings (SSSR count). The first-order chi connectivity index (χ1) is 6.88. The van der Waals surface area contributed by atoms with Gasteiger partial charge in [0.05, 0.1) is 0 Å². The summed E-state index contributed by atoms with van der Waals surface area (Å²) in [6.07, 6.45) is 0. The molecule has 0 atom stereocenters. The lowest BCUT2D eigenvalue weighted by Gasteiger charge is -2.11. The second kappa shape index (κ2) is 4.77. The van der Waals surface area contributed by atoms with Crippen LogP contribution in [0.3, 0.4) is 0 Å². The van der Waals surface area contributed by atoms with E-state index in [0.29, 0.717) is 11.6 Å². The molecule has 84 valence electrons. The summed E-state index contributed by atoms with van der Waals surface area (Å²) < 4.78 is 10.5. The summed E-state index contributed by atoms with van der Waals surface area (Å²) in [6.45, 7) is 4.10. The largest absolute Gasteiger partial charge is 0.417 e. The SMILES string of the molecule is CC(C)c1cccc(NNP(=O)(O)O)c1. The van der Waals surface area contributed by atoms with Crippen molar-refractivity contribution in [1.29, 1.82) is 0 Å². The first kappa shape index (κ1) is 12.2. The number of hydrogen-bond donors (Lipinski definition) is 4. The Balaban J connectivity index is 2.70. The van der Waals surface area contributed by atoms with Gasteiger partial charge in [0, 0.05) is 5.69 Å². The molecular formula is C9H15N2O3P. The van der Waals surface area contributed by atoms with Crippen molar-refractivity contribution in [2.45, 2.75) is 19.8 Å². The van der Waals surface area contributed by atoms with Crippen LogP contribution in [-0.2, 0) is 4.57 Å². The van der Waals surface area contributed by atoms with Crippen molar-refractivity contribution in [3.63, 3.8) is 0 Å². The molecule has 5 nitrogen and oxygen atoms in total. The first-order valence-electron chi connectivity index (χ1n) is 4.57. The van der Waals surface area contributed by atoms with Crippen molar-refractivity contribution in [3.8, 4) is 0 Å². The molecule has 4 N–H and O–H groups in total. The normalized spacial score (nSPS) is 11.8. The van der Waals surface area contributed by atoms with Crippen LogP contribution in [0.2, 0.25) is 0 Å². The molecule has 6 heteroatoms. The fourth-order valence-corrected chi connectivity index (χ4v) is 1.39. The fourth-order valence-electron chi connectivity index (χ4n) is 1.11. The molecule has 0 saturated carbocycles. The van der Waals surface area contributed by atoms with Crippen molar-refractivity contribution in [1.82, 2.24) is 5.20 Å². The van der Waals surface area contributed by atoms with Gasteiger partial charge in [-0.25, -0.2) is 4.57 Å². The van der Waals surface area contributed by atoms with Crippen molar-refractivity contribution < 1.29 is 14.4 Å². The van der Waals surface area contributed by atoms with Gasteiger partial charge >= 0.3 is 7.75 Å². The number of hydrogen-bond acceptors (Lipinski definition) is 2. The topological polar surface area (TPSA) is 81.6 Å². The predicted molar refractivity (Wildman–Crippen MR) is 59.3 cm³/mol. The highest BCUT2D eigenvalue weighted by atomic mass is 31.2. The number of hydrazine groups is 1. The highest BCUT2D eigenvalue weighted by Crippen LogP contribution is 2.28. The van der Waals surface area contributed by atoms with E-state index < -0.39 is 7.75 Å². The predicted octanol–water partition coefficient (Wildman–Crippen LogP) is 1.82. The minimum absolute atomic E-state index is 0.377. The highest BCUT2D eigenvalue weighted by Gasteiger charge is 2.10. The monoisotopic (exact) mass is 230 g/mol. The minimum atomic E-state index is -4.23. The van der Waals surface area contributed by atoms with Crippen LogP contribution >= 0.6 is 7.75 Å². The lowest BCUT2D eigenvalue weighted by Crippen LogP contribution is -2.17. The van der Waals surface area contributed by atoms with Crippen LogP contribution in [0.4, 0.5) is 5.69 Å². The number of anilines is 1. The molecule has 0 spiro atoms. The quantitative estimate of drug-likeness (QED) is 0.468. The van der Waals surface area contributed by atoms with E-state index in [1.165, 1.54) is 0 Å². The van der Waals surface area contributed by atoms with E-state index in [4.69, 9.17) is 9.79 Å². The number of benzene rings is 1. The molecule has 0 aliphatic rings. The standard InChI is InChI=1S/C9H15N2O3P/c1-7(2)8-4-3-5-9(6-8)10-11-15(12,13)14/h3-7,10H,1-2H3,(H3,11,12,13,14). The molecule has 1 aromatic rings. The van der Waals surface area contributed by atoms with Gasteiger partial charge in [-0.05, 0) is 23.6 Å². The van der Waals surface area contributed by atoms with E-state index in [1.54, 1.807) is 6.07 Å². The molecule has 0 amide bonds. The third-order valence-electron chi connectivity index (χ3n) is 1.90. The van der Waals surface area contributed by atoms with Crippen LogP contribution in [0, 0.1) is 0 Å². The van der Waals surface area contributed by atoms with Crippen molar-refractivity contribution in [2.75, 3.05) is 5.43 Å². The van der Waals surface area contributed by atoms with Gasteiger partial charge in [-0.1, -0.05) is 26.0 Å². The Hall–Kier alpha value is -0.870. The van der Waals surface area contributed by atoms with Crippen molar-refractivity contribution in [3.05, 3.63) is 29.8 Å². The first-order valence-corrected chi connectivity index (χ1v) is 6.18. The van der Waals surface area contributed by atoms with E-state index in [9.17, 15) is 4.57 Å². The maximum atomic E-state index is 10.5. The molecule has 15 heavy (non-hydrogen) atoms. The molecule has 0 fully saturated rings. The molecule has 1 aromatic carbocycles. The average Bonchev–Trinajstić information content (AvgIpc) is 2.14. The Morgan fingerprint density at radius 2 is 2.00 bits per heavy atom. The molecule has 0 aliphatic carbocycles. The van der Waals surface area contributed by atoms with Crippen LogP contribution in [0.25, 0.3) is 0 Å². The zero-order valence-corrected chi connectivity index (χ0v) is 9.53. The summed E-state index contributed by atoms with van der Waals surface area (Å²) in [7, 11) is -4.23. The molecular weight excluding hydrogens is 215 g/mol. The van der Waals surface area contributed by atoms with Crippen LogP contribution in [0.5, 0.6) is 0 Å². The molecule has 0 bridgehead atoms. The Bertz CT molecular complexity index is 375. The summed E-state index contributed by atoms with van der Waals surface area (Å²) in [5.74, 6) is 0.377. The summed E-state index contributed by atoms with van der Waals surface area (Å²) in [5, 5.41) is 1.92. The van der Waals surface area contributed by atoms with Crippen molar-refractivity contribution >= 4 is 13.4 Å². The van der Waals surface area contributed by atoms with Gasteiger partial charge in [0.25, 0.3) is 0 Å².